The van der Waals surface area contributed by atoms with Gasteiger partial charge >= 0.3 is 0 Å². The smallest absolute Gasteiger partial charge is 0.160 e. The zero-order valence-electron chi connectivity index (χ0n) is 33.5. The minimum Gasteiger partial charge on any atom is -0.457 e. The highest BCUT2D eigenvalue weighted by Gasteiger charge is 2.51. The first kappa shape index (κ1) is 34.6. The van der Waals surface area contributed by atoms with Crippen LogP contribution < -0.4 is 4.74 Å². The molecule has 1 aliphatic carbocycles. The summed E-state index contributed by atoms with van der Waals surface area (Å²) in [5, 5.41) is 4.51. The second-order valence-electron chi connectivity index (χ2n) is 16.2. The highest BCUT2D eigenvalue weighted by atomic mass is 16.5. The van der Waals surface area contributed by atoms with Crippen molar-refractivity contribution in [3.8, 4) is 67.7 Å². The average Bonchev–Trinajstić information content (AvgIpc) is 3.64. The standard InChI is InChI=1S/C58H35N3O/c1-2-15-38(16-3-1)57-60-50-26-11-6-21-43(50)55(61-57)37-31-29-36(30-32-37)39-17-14-18-40(35-39)56-44-33-34-48-54(53(44)42-20-5-10-25-49(42)59-56)41-19-4-7-22-45(41)58(48)46-23-8-12-27-51(46)62-52-28-13-9-24-47(52)58/h1-35H. The van der Waals surface area contributed by atoms with E-state index in [4.69, 9.17) is 19.7 Å². The summed E-state index contributed by atoms with van der Waals surface area (Å²) in [5.74, 6) is 2.50. The van der Waals surface area contributed by atoms with Crippen LogP contribution in [0.4, 0.5) is 0 Å². The van der Waals surface area contributed by atoms with E-state index in [9.17, 15) is 0 Å². The number of hydrogen-bond acceptors (Lipinski definition) is 4. The average molecular weight is 790 g/mol. The predicted molar refractivity (Wildman–Crippen MR) is 251 cm³/mol. The van der Waals surface area contributed by atoms with Gasteiger partial charge in [-0.25, -0.2) is 15.0 Å². The Morgan fingerprint density at radius 1 is 0.339 bits per heavy atom. The zero-order valence-corrected chi connectivity index (χ0v) is 33.5. The van der Waals surface area contributed by atoms with Gasteiger partial charge in [0, 0.05) is 49.4 Å². The summed E-state index contributed by atoms with van der Waals surface area (Å²) < 4.78 is 6.63. The van der Waals surface area contributed by atoms with Gasteiger partial charge in [-0.15, -0.1) is 0 Å². The largest absolute Gasteiger partial charge is 0.457 e. The molecule has 2 aromatic heterocycles. The molecular weight excluding hydrogens is 755 g/mol. The highest BCUT2D eigenvalue weighted by molar-refractivity contribution is 6.19. The lowest BCUT2D eigenvalue weighted by atomic mass is 9.66. The van der Waals surface area contributed by atoms with Crippen molar-refractivity contribution in [2.24, 2.45) is 0 Å². The molecule has 13 rings (SSSR count). The Bertz CT molecular complexity index is 3570. The van der Waals surface area contributed by atoms with Crippen LogP contribution >= 0.6 is 0 Å². The summed E-state index contributed by atoms with van der Waals surface area (Å²) in [6.07, 6.45) is 0. The van der Waals surface area contributed by atoms with Crippen LogP contribution in [-0.2, 0) is 5.41 Å². The topological polar surface area (TPSA) is 47.9 Å². The SMILES string of the molecule is c1ccc(-c2nc(-c3ccc(-c4cccc(-c5nc6ccccc6c6c7c(ccc56)C5(c6ccccc6Oc6ccccc65)c5ccccc5-7)c4)cc3)c3ccccc3n2)cc1. The molecule has 0 atom stereocenters. The van der Waals surface area contributed by atoms with Gasteiger partial charge in [-0.1, -0.05) is 182 Å². The molecule has 0 saturated carbocycles. The van der Waals surface area contributed by atoms with Crippen LogP contribution in [0.3, 0.4) is 0 Å². The molecule has 2 aliphatic rings. The maximum atomic E-state index is 6.63. The Morgan fingerprint density at radius 2 is 0.919 bits per heavy atom. The number of pyridine rings is 1. The molecule has 0 fully saturated rings. The number of aromatic nitrogens is 3. The van der Waals surface area contributed by atoms with Crippen LogP contribution in [0.1, 0.15) is 22.3 Å². The molecule has 9 aromatic carbocycles. The second-order valence-corrected chi connectivity index (χ2v) is 16.2. The summed E-state index contributed by atoms with van der Waals surface area (Å²) in [6.45, 7) is 0. The number of ether oxygens (including phenoxy) is 1. The number of rotatable bonds is 4. The van der Waals surface area contributed by atoms with E-state index in [1.165, 1.54) is 27.6 Å². The van der Waals surface area contributed by atoms with E-state index in [1.54, 1.807) is 0 Å². The van der Waals surface area contributed by atoms with E-state index in [-0.39, 0.29) is 0 Å². The quantitative estimate of drug-likeness (QED) is 0.167. The molecule has 0 saturated heterocycles. The van der Waals surface area contributed by atoms with Crippen LogP contribution in [0.25, 0.3) is 88.7 Å². The van der Waals surface area contributed by atoms with Crippen molar-refractivity contribution in [3.05, 3.63) is 235 Å². The third kappa shape index (κ3) is 4.98. The van der Waals surface area contributed by atoms with Crippen LogP contribution in [0.15, 0.2) is 212 Å². The molecule has 288 valence electrons. The Kier molecular flexibility index (Phi) is 7.49. The lowest BCUT2D eigenvalue weighted by Crippen LogP contribution is -2.32. The Hall–Kier alpha value is -8.21. The van der Waals surface area contributed by atoms with Crippen LogP contribution in [0, 0.1) is 0 Å². The van der Waals surface area contributed by atoms with E-state index in [1.807, 2.05) is 24.3 Å². The van der Waals surface area contributed by atoms with Gasteiger partial charge in [0.15, 0.2) is 5.82 Å². The fourth-order valence-electron chi connectivity index (χ4n) is 10.3. The van der Waals surface area contributed by atoms with Gasteiger partial charge in [-0.3, -0.25) is 0 Å². The van der Waals surface area contributed by atoms with Crippen molar-refractivity contribution in [1.82, 2.24) is 15.0 Å². The molecule has 0 radical (unpaired) electrons. The molecule has 4 nitrogen and oxygen atoms in total. The van der Waals surface area contributed by atoms with Crippen molar-refractivity contribution in [2.75, 3.05) is 0 Å². The molecule has 3 heterocycles. The van der Waals surface area contributed by atoms with Crippen LogP contribution in [-0.4, -0.2) is 15.0 Å². The first-order valence-electron chi connectivity index (χ1n) is 21.1. The van der Waals surface area contributed by atoms with Crippen molar-refractivity contribution < 1.29 is 4.74 Å². The van der Waals surface area contributed by atoms with Crippen LogP contribution in [0.5, 0.6) is 11.5 Å². The molecule has 1 aliphatic heterocycles. The minimum absolute atomic E-state index is 0.552. The summed E-state index contributed by atoms with van der Waals surface area (Å²) in [6, 6.07) is 75.4. The molecule has 0 N–H and O–H groups in total. The lowest BCUT2D eigenvalue weighted by Gasteiger charge is -2.39. The van der Waals surface area contributed by atoms with E-state index in [0.29, 0.717) is 0 Å². The summed E-state index contributed by atoms with van der Waals surface area (Å²) in [7, 11) is 0. The van der Waals surface area contributed by atoms with Gasteiger partial charge < -0.3 is 4.74 Å². The number of nitrogens with zero attached hydrogens (tertiary/aromatic N) is 3. The maximum absolute atomic E-state index is 6.63. The van der Waals surface area contributed by atoms with E-state index >= 15 is 0 Å². The lowest BCUT2D eigenvalue weighted by molar-refractivity contribution is 0.436. The first-order chi connectivity index (χ1) is 30.7. The van der Waals surface area contributed by atoms with Crippen molar-refractivity contribution in [1.29, 1.82) is 0 Å². The zero-order chi connectivity index (χ0) is 40.8. The first-order valence-corrected chi connectivity index (χ1v) is 21.1. The number of hydrogen-bond donors (Lipinski definition) is 0. The molecule has 4 heteroatoms. The summed E-state index contributed by atoms with van der Waals surface area (Å²) in [4.78, 5) is 15.5. The number of fused-ring (bicyclic) bond motifs is 14. The van der Waals surface area contributed by atoms with Crippen molar-refractivity contribution in [2.45, 2.75) is 5.41 Å². The van der Waals surface area contributed by atoms with Crippen molar-refractivity contribution in [3.63, 3.8) is 0 Å². The summed E-state index contributed by atoms with van der Waals surface area (Å²) in [5.41, 5.74) is 15.9. The van der Waals surface area contributed by atoms with E-state index < -0.39 is 5.41 Å². The third-order valence-corrected chi connectivity index (χ3v) is 12.9. The number of benzene rings is 9. The highest BCUT2D eigenvalue weighted by Crippen LogP contribution is 2.63. The molecule has 1 spiro atoms. The second kappa shape index (κ2) is 13.4. The third-order valence-electron chi connectivity index (χ3n) is 12.9. The van der Waals surface area contributed by atoms with E-state index in [2.05, 4.69) is 188 Å². The van der Waals surface area contributed by atoms with E-state index in [0.717, 1.165) is 94.8 Å². The predicted octanol–water partition coefficient (Wildman–Crippen LogP) is 14.5. The minimum atomic E-state index is -0.552. The fraction of sp³-hybridized carbons (Fsp3) is 0.0172. The maximum Gasteiger partial charge on any atom is 0.160 e. The Labute approximate surface area is 358 Å². The van der Waals surface area contributed by atoms with Gasteiger partial charge in [-0.2, -0.15) is 0 Å². The normalized spacial score (nSPS) is 13.1. The van der Waals surface area contributed by atoms with Crippen LogP contribution in [0.2, 0.25) is 0 Å². The molecule has 62 heavy (non-hydrogen) atoms. The molecule has 11 aromatic rings. The van der Waals surface area contributed by atoms with Gasteiger partial charge in [0.1, 0.15) is 11.5 Å². The monoisotopic (exact) mass is 789 g/mol. The van der Waals surface area contributed by atoms with Gasteiger partial charge in [0.2, 0.25) is 0 Å². The van der Waals surface area contributed by atoms with Crippen molar-refractivity contribution >= 4 is 32.6 Å². The van der Waals surface area contributed by atoms with Gasteiger partial charge in [-0.05, 0) is 63.7 Å². The summed E-state index contributed by atoms with van der Waals surface area (Å²) >= 11 is 0. The number of para-hydroxylation sites is 4. The van der Waals surface area contributed by atoms with Gasteiger partial charge in [0.05, 0.1) is 27.8 Å². The Balaban J connectivity index is 0.983. The molecule has 0 amide bonds. The molecular formula is C58H35N3O. The molecule has 0 bridgehead atoms. The Morgan fingerprint density at radius 3 is 1.69 bits per heavy atom. The fourth-order valence-corrected chi connectivity index (χ4v) is 10.3. The molecule has 0 unspecified atom stereocenters. The van der Waals surface area contributed by atoms with Gasteiger partial charge in [0.25, 0.3) is 0 Å².